The highest BCUT2D eigenvalue weighted by Crippen LogP contribution is 2.13. The summed E-state index contributed by atoms with van der Waals surface area (Å²) in [6, 6.07) is 7.02. The lowest BCUT2D eigenvalue weighted by atomic mass is 10.3. The van der Waals surface area contributed by atoms with Gasteiger partial charge in [0.1, 0.15) is 18.5 Å². The van der Waals surface area contributed by atoms with E-state index in [9.17, 15) is 5.11 Å². The molecule has 1 atom stereocenters. The molecule has 0 fully saturated rings. The smallest absolute Gasteiger partial charge is 0.119 e. The van der Waals surface area contributed by atoms with E-state index in [1.165, 1.54) is 0 Å². The van der Waals surface area contributed by atoms with Crippen LogP contribution in [0, 0.1) is 0 Å². The molecule has 0 bridgehead atoms. The molecule has 0 spiro atoms. The summed E-state index contributed by atoms with van der Waals surface area (Å²) in [4.78, 5) is 1.93. The van der Waals surface area contributed by atoms with Crippen molar-refractivity contribution in [3.05, 3.63) is 24.3 Å². The van der Waals surface area contributed by atoms with E-state index in [0.717, 1.165) is 0 Å². The second-order valence-electron chi connectivity index (χ2n) is 4.55. The van der Waals surface area contributed by atoms with Gasteiger partial charge in [0, 0.05) is 32.4 Å². The van der Waals surface area contributed by atoms with Crippen molar-refractivity contribution in [2.75, 3.05) is 52.3 Å². The van der Waals surface area contributed by atoms with Gasteiger partial charge >= 0.3 is 0 Å². The molecule has 20 heavy (non-hydrogen) atoms. The average molecular weight is 284 g/mol. The zero-order valence-corrected chi connectivity index (χ0v) is 11.9. The van der Waals surface area contributed by atoms with E-state index < -0.39 is 6.10 Å². The maximum absolute atomic E-state index is 9.95. The summed E-state index contributed by atoms with van der Waals surface area (Å²) in [6.45, 7) is 2.40. The Morgan fingerprint density at radius 3 is 2.55 bits per heavy atom. The number of hydrogen-bond donors (Lipinski definition) is 3. The number of aliphatic hydroxyl groups excluding tert-OH is 2. The Balaban J connectivity index is 2.32. The molecule has 0 amide bonds. The van der Waals surface area contributed by atoms with E-state index in [1.807, 2.05) is 4.90 Å². The monoisotopic (exact) mass is 284 g/mol. The first kappa shape index (κ1) is 16.7. The number of nitrogens with zero attached hydrogens (tertiary/aromatic N) is 1. The number of methoxy groups -OCH3 is 1. The first-order chi connectivity index (χ1) is 9.65. The minimum Gasteiger partial charge on any atom is -0.491 e. The topological polar surface area (TPSA) is 88.2 Å². The van der Waals surface area contributed by atoms with E-state index in [4.69, 9.17) is 20.3 Å². The molecule has 1 unspecified atom stereocenters. The number of aliphatic hydroxyl groups is 2. The number of nitrogen functional groups attached to an aromatic ring is 1. The number of anilines is 1. The molecular formula is C14H24N2O4. The minimum atomic E-state index is -0.629. The van der Waals surface area contributed by atoms with Gasteiger partial charge in [-0.3, -0.25) is 4.90 Å². The fraction of sp³-hybridized carbons (Fsp3) is 0.571. The second kappa shape index (κ2) is 9.55. The first-order valence-electron chi connectivity index (χ1n) is 6.64. The van der Waals surface area contributed by atoms with E-state index >= 15 is 0 Å². The molecule has 1 aromatic carbocycles. The van der Waals surface area contributed by atoms with Gasteiger partial charge in [-0.1, -0.05) is 0 Å². The number of benzene rings is 1. The second-order valence-corrected chi connectivity index (χ2v) is 4.55. The van der Waals surface area contributed by atoms with Crippen LogP contribution in [0.1, 0.15) is 0 Å². The largest absolute Gasteiger partial charge is 0.491 e. The molecule has 0 heterocycles. The molecule has 1 rings (SSSR count). The average Bonchev–Trinajstić information content (AvgIpc) is 2.44. The highest BCUT2D eigenvalue weighted by Gasteiger charge is 2.12. The molecule has 0 aliphatic carbocycles. The van der Waals surface area contributed by atoms with E-state index in [-0.39, 0.29) is 13.2 Å². The zero-order valence-electron chi connectivity index (χ0n) is 11.9. The Bertz CT molecular complexity index is 359. The molecule has 0 radical (unpaired) electrons. The van der Waals surface area contributed by atoms with Crippen molar-refractivity contribution in [3.63, 3.8) is 0 Å². The van der Waals surface area contributed by atoms with Gasteiger partial charge in [0.25, 0.3) is 0 Å². The van der Waals surface area contributed by atoms with E-state index in [0.29, 0.717) is 37.7 Å². The third-order valence-corrected chi connectivity index (χ3v) is 2.82. The standard InChI is InChI=1S/C14H24N2O4/c1-19-9-7-16(6-8-17)10-13(18)11-20-14-4-2-12(15)3-5-14/h2-5,13,17-18H,6-11,15H2,1H3. The summed E-state index contributed by atoms with van der Waals surface area (Å²) in [5, 5.41) is 18.9. The molecule has 0 aliphatic rings. The van der Waals surface area contributed by atoms with Gasteiger partial charge in [0.15, 0.2) is 0 Å². The third kappa shape index (κ3) is 6.72. The summed E-state index contributed by atoms with van der Waals surface area (Å²) < 4.78 is 10.5. The zero-order chi connectivity index (χ0) is 14.8. The summed E-state index contributed by atoms with van der Waals surface area (Å²) in [7, 11) is 1.62. The van der Waals surface area contributed by atoms with Gasteiger partial charge in [0.2, 0.25) is 0 Å². The van der Waals surface area contributed by atoms with Gasteiger partial charge in [-0.2, -0.15) is 0 Å². The number of ether oxygens (including phenoxy) is 2. The van der Waals surface area contributed by atoms with Crippen molar-refractivity contribution in [1.29, 1.82) is 0 Å². The SMILES string of the molecule is COCCN(CCO)CC(O)COc1ccc(N)cc1. The lowest BCUT2D eigenvalue weighted by Gasteiger charge is -2.24. The fourth-order valence-electron chi connectivity index (χ4n) is 1.76. The summed E-state index contributed by atoms with van der Waals surface area (Å²) in [5.74, 6) is 0.670. The number of nitrogens with two attached hydrogens (primary N) is 1. The van der Waals surface area contributed by atoms with Gasteiger partial charge < -0.3 is 25.4 Å². The predicted octanol–water partition coefficient (Wildman–Crippen LogP) is -0.0508. The van der Waals surface area contributed by atoms with Crippen LogP contribution in [-0.4, -0.2) is 67.8 Å². The molecule has 0 saturated heterocycles. The summed E-state index contributed by atoms with van der Waals surface area (Å²) >= 11 is 0. The Labute approximate surface area is 119 Å². The molecule has 114 valence electrons. The summed E-state index contributed by atoms with van der Waals surface area (Å²) in [6.07, 6.45) is -0.629. The van der Waals surface area contributed by atoms with Crippen LogP contribution >= 0.6 is 0 Å². The molecule has 4 N–H and O–H groups in total. The van der Waals surface area contributed by atoms with Gasteiger partial charge in [0.05, 0.1) is 13.2 Å². The lowest BCUT2D eigenvalue weighted by Crippen LogP contribution is -2.39. The number of rotatable bonds is 10. The maximum Gasteiger partial charge on any atom is 0.119 e. The van der Waals surface area contributed by atoms with Gasteiger partial charge in [-0.05, 0) is 24.3 Å². The Morgan fingerprint density at radius 2 is 1.95 bits per heavy atom. The van der Waals surface area contributed by atoms with Crippen LogP contribution in [0.4, 0.5) is 5.69 Å². The molecule has 0 aliphatic heterocycles. The molecule has 0 aromatic heterocycles. The third-order valence-electron chi connectivity index (χ3n) is 2.82. The highest BCUT2D eigenvalue weighted by atomic mass is 16.5. The quantitative estimate of drug-likeness (QED) is 0.522. The molecule has 6 heteroatoms. The van der Waals surface area contributed by atoms with Crippen molar-refractivity contribution in [1.82, 2.24) is 4.90 Å². The van der Waals surface area contributed by atoms with Crippen molar-refractivity contribution in [2.45, 2.75) is 6.10 Å². The predicted molar refractivity (Wildman–Crippen MR) is 77.8 cm³/mol. The highest BCUT2D eigenvalue weighted by molar-refractivity contribution is 5.41. The lowest BCUT2D eigenvalue weighted by molar-refractivity contribution is 0.0505. The molecule has 0 saturated carbocycles. The van der Waals surface area contributed by atoms with Crippen LogP contribution in [0.15, 0.2) is 24.3 Å². The van der Waals surface area contributed by atoms with Gasteiger partial charge in [-0.25, -0.2) is 0 Å². The first-order valence-corrected chi connectivity index (χ1v) is 6.64. The molecule has 6 nitrogen and oxygen atoms in total. The fourth-order valence-corrected chi connectivity index (χ4v) is 1.76. The van der Waals surface area contributed by atoms with Crippen molar-refractivity contribution in [2.24, 2.45) is 0 Å². The Morgan fingerprint density at radius 1 is 1.25 bits per heavy atom. The van der Waals surface area contributed by atoms with Crippen LogP contribution in [-0.2, 0) is 4.74 Å². The molecular weight excluding hydrogens is 260 g/mol. The van der Waals surface area contributed by atoms with Crippen LogP contribution in [0.5, 0.6) is 5.75 Å². The van der Waals surface area contributed by atoms with E-state index in [2.05, 4.69) is 0 Å². The Kier molecular flexibility index (Phi) is 7.98. The normalized spacial score (nSPS) is 12.6. The van der Waals surface area contributed by atoms with Crippen LogP contribution in [0.2, 0.25) is 0 Å². The number of hydrogen-bond acceptors (Lipinski definition) is 6. The van der Waals surface area contributed by atoms with Crippen LogP contribution in [0.3, 0.4) is 0 Å². The van der Waals surface area contributed by atoms with Crippen molar-refractivity contribution < 1.29 is 19.7 Å². The van der Waals surface area contributed by atoms with Crippen LogP contribution < -0.4 is 10.5 Å². The minimum absolute atomic E-state index is 0.0508. The van der Waals surface area contributed by atoms with Crippen molar-refractivity contribution in [3.8, 4) is 5.75 Å². The maximum atomic E-state index is 9.95. The molecule has 1 aromatic rings. The Hall–Kier alpha value is -1.34. The van der Waals surface area contributed by atoms with Gasteiger partial charge in [-0.15, -0.1) is 0 Å². The van der Waals surface area contributed by atoms with E-state index in [1.54, 1.807) is 31.4 Å². The summed E-state index contributed by atoms with van der Waals surface area (Å²) in [5.41, 5.74) is 6.25. The van der Waals surface area contributed by atoms with Crippen molar-refractivity contribution >= 4 is 5.69 Å². The van der Waals surface area contributed by atoms with Crippen LogP contribution in [0.25, 0.3) is 0 Å².